The molecule has 5 nitrogen and oxygen atoms in total. The number of oxazole rings is 1. The number of nitrogens with one attached hydrogen (secondary N) is 1. The first kappa shape index (κ1) is 11.7. The van der Waals surface area contributed by atoms with E-state index < -0.39 is 0 Å². The maximum atomic E-state index is 12.3. The van der Waals surface area contributed by atoms with E-state index in [9.17, 15) is 4.79 Å². The summed E-state index contributed by atoms with van der Waals surface area (Å²) in [6.07, 6.45) is 5.29. The van der Waals surface area contributed by atoms with Crippen molar-refractivity contribution in [3.63, 3.8) is 0 Å². The van der Waals surface area contributed by atoms with E-state index in [0.29, 0.717) is 5.89 Å². The molecule has 1 aromatic heterocycles. The molecule has 4 rings (SSSR count). The van der Waals surface area contributed by atoms with Gasteiger partial charge >= 0.3 is 0 Å². The van der Waals surface area contributed by atoms with Crippen molar-refractivity contribution in [2.45, 2.75) is 24.9 Å². The number of aromatic nitrogens is 1. The van der Waals surface area contributed by atoms with Gasteiger partial charge in [0.2, 0.25) is 11.8 Å². The van der Waals surface area contributed by atoms with Gasteiger partial charge in [0.25, 0.3) is 0 Å². The summed E-state index contributed by atoms with van der Waals surface area (Å²) in [6.45, 7) is 0.888. The number of fused-ring (bicyclic) bond motifs is 1. The minimum absolute atomic E-state index is 0.0460. The Balaban J connectivity index is 1.72. The number of rotatable bonds is 2. The number of amides is 1. The number of likely N-dealkylation sites (tertiary alicyclic amines) is 1. The Bertz CT molecular complexity index is 638. The van der Waals surface area contributed by atoms with Crippen LogP contribution in [0.3, 0.4) is 0 Å². The van der Waals surface area contributed by atoms with Gasteiger partial charge in [-0.05, 0) is 18.9 Å². The lowest BCUT2D eigenvalue weighted by Gasteiger charge is -2.27. The van der Waals surface area contributed by atoms with Crippen LogP contribution in [0.2, 0.25) is 0 Å². The van der Waals surface area contributed by atoms with E-state index >= 15 is 0 Å². The normalized spacial score (nSPS) is 25.7. The average Bonchev–Trinajstić information content (AvgIpc) is 3.16. The molecule has 102 valence electrons. The smallest absolute Gasteiger partial charge is 0.246 e. The molecule has 0 aliphatic carbocycles. The number of hydrogen-bond acceptors (Lipinski definition) is 4. The predicted molar refractivity (Wildman–Crippen MR) is 73.0 cm³/mol. The van der Waals surface area contributed by atoms with Gasteiger partial charge in [0.1, 0.15) is 12.3 Å². The lowest BCUT2D eigenvalue weighted by atomic mass is 10.1. The zero-order valence-electron chi connectivity index (χ0n) is 11.0. The van der Waals surface area contributed by atoms with Crippen LogP contribution in [0.4, 0.5) is 5.69 Å². The van der Waals surface area contributed by atoms with Crippen LogP contribution in [0.25, 0.3) is 0 Å². The standard InChI is InChI=1S/C15H15N3O2/c19-14-13(10-4-1-2-5-11(10)17-14)18-8-3-6-12(18)15-16-7-9-20-15/h1-2,4-5,7,9,12-13H,3,6,8H2,(H,17,19). The molecule has 20 heavy (non-hydrogen) atoms. The van der Waals surface area contributed by atoms with Crippen molar-refractivity contribution >= 4 is 11.6 Å². The molecule has 1 N–H and O–H groups in total. The van der Waals surface area contributed by atoms with Crippen molar-refractivity contribution in [2.24, 2.45) is 0 Å². The van der Waals surface area contributed by atoms with Crippen LogP contribution in [-0.4, -0.2) is 22.3 Å². The quantitative estimate of drug-likeness (QED) is 0.910. The molecule has 0 radical (unpaired) electrons. The highest BCUT2D eigenvalue weighted by Gasteiger charge is 2.42. The van der Waals surface area contributed by atoms with Gasteiger partial charge in [0.15, 0.2) is 0 Å². The Morgan fingerprint density at radius 2 is 2.25 bits per heavy atom. The summed E-state index contributed by atoms with van der Waals surface area (Å²) >= 11 is 0. The van der Waals surface area contributed by atoms with Gasteiger partial charge < -0.3 is 9.73 Å². The maximum absolute atomic E-state index is 12.3. The molecule has 1 fully saturated rings. The van der Waals surface area contributed by atoms with Crippen molar-refractivity contribution in [1.29, 1.82) is 0 Å². The van der Waals surface area contributed by atoms with Crippen LogP contribution in [0.15, 0.2) is 41.1 Å². The Morgan fingerprint density at radius 1 is 1.35 bits per heavy atom. The molecule has 2 aromatic rings. The zero-order valence-corrected chi connectivity index (χ0v) is 11.0. The second-order valence-electron chi connectivity index (χ2n) is 5.25. The van der Waals surface area contributed by atoms with Crippen LogP contribution < -0.4 is 5.32 Å². The Morgan fingerprint density at radius 3 is 3.10 bits per heavy atom. The number of carbonyl (C=O) groups is 1. The third-order valence-corrected chi connectivity index (χ3v) is 4.12. The van der Waals surface area contributed by atoms with Crippen LogP contribution in [-0.2, 0) is 4.79 Å². The highest BCUT2D eigenvalue weighted by atomic mass is 16.3. The third kappa shape index (κ3) is 1.67. The highest BCUT2D eigenvalue weighted by molar-refractivity contribution is 6.02. The summed E-state index contributed by atoms with van der Waals surface area (Å²) in [6, 6.07) is 7.74. The summed E-state index contributed by atoms with van der Waals surface area (Å²) in [5, 5.41) is 2.96. The molecule has 2 unspecified atom stereocenters. The second-order valence-corrected chi connectivity index (χ2v) is 5.25. The van der Waals surface area contributed by atoms with Crippen molar-refractivity contribution in [3.05, 3.63) is 48.2 Å². The Hall–Kier alpha value is -2.14. The van der Waals surface area contributed by atoms with Crippen molar-refractivity contribution in [3.8, 4) is 0 Å². The largest absolute Gasteiger partial charge is 0.447 e. The molecular formula is C15H15N3O2. The number of anilines is 1. The first-order chi connectivity index (χ1) is 9.84. The molecule has 2 aliphatic heterocycles. The van der Waals surface area contributed by atoms with Gasteiger partial charge in [0, 0.05) is 17.8 Å². The van der Waals surface area contributed by atoms with Gasteiger partial charge in [-0.3, -0.25) is 9.69 Å². The Labute approximate surface area is 116 Å². The van der Waals surface area contributed by atoms with Gasteiger partial charge in [-0.2, -0.15) is 0 Å². The summed E-state index contributed by atoms with van der Waals surface area (Å²) in [5.74, 6) is 0.754. The number of para-hydroxylation sites is 1. The summed E-state index contributed by atoms with van der Waals surface area (Å²) in [5.41, 5.74) is 1.97. The van der Waals surface area contributed by atoms with E-state index in [-0.39, 0.29) is 18.0 Å². The van der Waals surface area contributed by atoms with Gasteiger partial charge in [-0.1, -0.05) is 18.2 Å². The molecule has 3 heterocycles. The number of nitrogens with zero attached hydrogens (tertiary/aromatic N) is 2. The van der Waals surface area contributed by atoms with E-state index in [4.69, 9.17) is 4.42 Å². The van der Waals surface area contributed by atoms with Crippen molar-refractivity contribution in [1.82, 2.24) is 9.88 Å². The lowest BCUT2D eigenvalue weighted by Crippen LogP contribution is -2.33. The molecule has 1 amide bonds. The van der Waals surface area contributed by atoms with E-state index in [1.807, 2.05) is 24.3 Å². The molecule has 1 aromatic carbocycles. The SMILES string of the molecule is O=C1Nc2ccccc2C1N1CCCC1c1ncco1. The van der Waals surface area contributed by atoms with Crippen LogP contribution in [0.5, 0.6) is 0 Å². The Kier molecular flexibility index (Phi) is 2.60. The first-order valence-electron chi connectivity index (χ1n) is 6.89. The van der Waals surface area contributed by atoms with E-state index in [1.165, 1.54) is 0 Å². The molecule has 0 spiro atoms. The van der Waals surface area contributed by atoms with Crippen LogP contribution >= 0.6 is 0 Å². The minimum atomic E-state index is -0.231. The molecule has 2 atom stereocenters. The fourth-order valence-corrected chi connectivity index (χ4v) is 3.28. The average molecular weight is 269 g/mol. The minimum Gasteiger partial charge on any atom is -0.447 e. The molecule has 0 bridgehead atoms. The number of carbonyl (C=O) groups excluding carboxylic acids is 1. The molecule has 2 aliphatic rings. The maximum Gasteiger partial charge on any atom is 0.246 e. The fourth-order valence-electron chi connectivity index (χ4n) is 3.28. The molecule has 1 saturated heterocycles. The second kappa shape index (κ2) is 4.45. The topological polar surface area (TPSA) is 58.4 Å². The van der Waals surface area contributed by atoms with Gasteiger partial charge in [0.05, 0.1) is 12.2 Å². The molecule has 0 saturated carbocycles. The summed E-state index contributed by atoms with van der Waals surface area (Å²) < 4.78 is 5.45. The monoisotopic (exact) mass is 269 g/mol. The van der Waals surface area contributed by atoms with E-state index in [1.54, 1.807) is 12.5 Å². The number of benzene rings is 1. The first-order valence-corrected chi connectivity index (χ1v) is 6.89. The number of hydrogen-bond donors (Lipinski definition) is 1. The highest BCUT2D eigenvalue weighted by Crippen LogP contribution is 2.43. The van der Waals surface area contributed by atoms with Crippen LogP contribution in [0.1, 0.15) is 36.4 Å². The lowest BCUT2D eigenvalue weighted by molar-refractivity contribution is -0.121. The van der Waals surface area contributed by atoms with Crippen LogP contribution in [0, 0.1) is 0 Å². The van der Waals surface area contributed by atoms with Crippen molar-refractivity contribution < 1.29 is 9.21 Å². The predicted octanol–water partition coefficient (Wildman–Crippen LogP) is 2.50. The molecule has 5 heteroatoms. The van der Waals surface area contributed by atoms with Crippen molar-refractivity contribution in [2.75, 3.05) is 11.9 Å². The zero-order chi connectivity index (χ0) is 13.5. The summed E-state index contributed by atoms with van der Waals surface area (Å²) in [7, 11) is 0. The molecular weight excluding hydrogens is 254 g/mol. The van der Waals surface area contributed by atoms with E-state index in [2.05, 4.69) is 15.2 Å². The van der Waals surface area contributed by atoms with Gasteiger partial charge in [-0.15, -0.1) is 0 Å². The summed E-state index contributed by atoms with van der Waals surface area (Å²) in [4.78, 5) is 18.8. The third-order valence-electron chi connectivity index (χ3n) is 4.12. The fraction of sp³-hybridized carbons (Fsp3) is 0.333. The van der Waals surface area contributed by atoms with E-state index in [0.717, 1.165) is 30.6 Å². The van der Waals surface area contributed by atoms with Gasteiger partial charge in [-0.25, -0.2) is 4.98 Å².